The molecule has 1 N–H and O–H groups in total. The van der Waals surface area contributed by atoms with Gasteiger partial charge in [-0.15, -0.1) is 0 Å². The molecule has 0 fully saturated rings. The van der Waals surface area contributed by atoms with Crippen LogP contribution in [0.15, 0.2) is 54.6 Å². The first-order chi connectivity index (χ1) is 16.4. The summed E-state index contributed by atoms with van der Waals surface area (Å²) in [6.07, 6.45) is 7.34. The summed E-state index contributed by atoms with van der Waals surface area (Å²) < 4.78 is 7.40. The topological polar surface area (TPSA) is 81.4 Å². The van der Waals surface area contributed by atoms with Crippen LogP contribution in [0.2, 0.25) is 0 Å². The number of fused-ring (bicyclic) bond motifs is 1. The van der Waals surface area contributed by atoms with E-state index in [0.29, 0.717) is 17.9 Å². The number of aliphatic carboxylic acids is 1. The minimum Gasteiger partial charge on any atom is -0.479 e. The third kappa shape index (κ3) is 5.51. The number of carbonyl (C=O) groups is 2. The normalized spacial score (nSPS) is 14.2. The third-order valence-electron chi connectivity index (χ3n) is 6.18. The largest absolute Gasteiger partial charge is 0.479 e. The summed E-state index contributed by atoms with van der Waals surface area (Å²) in [5, 5.41) is 8.92. The van der Waals surface area contributed by atoms with Gasteiger partial charge in [0.2, 0.25) is 5.78 Å². The fraction of sp³-hybridized carbons (Fsp3) is 0.321. The second-order valence-corrected chi connectivity index (χ2v) is 8.78. The van der Waals surface area contributed by atoms with Crippen LogP contribution >= 0.6 is 0 Å². The summed E-state index contributed by atoms with van der Waals surface area (Å²) in [4.78, 5) is 28.9. The fourth-order valence-corrected chi connectivity index (χ4v) is 4.12. The Morgan fingerprint density at radius 1 is 1.09 bits per heavy atom. The number of nitrogens with zero attached hydrogens (tertiary/aromatic N) is 2. The minimum atomic E-state index is -0.971. The maximum absolute atomic E-state index is 13.3. The Morgan fingerprint density at radius 3 is 2.50 bits per heavy atom. The van der Waals surface area contributed by atoms with Crippen molar-refractivity contribution >= 4 is 17.8 Å². The molecule has 1 aliphatic carbocycles. The van der Waals surface area contributed by atoms with Gasteiger partial charge in [0.25, 0.3) is 0 Å². The molecule has 34 heavy (non-hydrogen) atoms. The first-order valence-corrected chi connectivity index (χ1v) is 11.7. The van der Waals surface area contributed by atoms with Crippen LogP contribution in [-0.2, 0) is 35.5 Å². The van der Waals surface area contributed by atoms with E-state index in [1.165, 1.54) is 12.6 Å². The molecule has 0 bridgehead atoms. The van der Waals surface area contributed by atoms with Crippen LogP contribution in [0.4, 0.5) is 0 Å². The summed E-state index contributed by atoms with van der Waals surface area (Å²) in [5.74, 6) is -0.496. The molecule has 0 unspecified atom stereocenters. The zero-order chi connectivity index (χ0) is 24.1. The van der Waals surface area contributed by atoms with Crippen molar-refractivity contribution in [1.29, 1.82) is 0 Å². The van der Waals surface area contributed by atoms with E-state index in [0.717, 1.165) is 48.1 Å². The summed E-state index contributed by atoms with van der Waals surface area (Å²) in [6.45, 7) is 4.36. The van der Waals surface area contributed by atoms with E-state index in [1.54, 1.807) is 0 Å². The Balaban J connectivity index is 1.49. The molecule has 176 valence electrons. The zero-order valence-corrected chi connectivity index (χ0v) is 19.7. The van der Waals surface area contributed by atoms with Gasteiger partial charge >= 0.3 is 5.97 Å². The molecule has 0 amide bonds. The van der Waals surface area contributed by atoms with Crippen LogP contribution < -0.4 is 0 Å². The van der Waals surface area contributed by atoms with E-state index < -0.39 is 12.1 Å². The minimum absolute atomic E-state index is 0.0391. The van der Waals surface area contributed by atoms with E-state index in [9.17, 15) is 9.59 Å². The molecule has 0 aliphatic heterocycles. The molecule has 1 heterocycles. The van der Waals surface area contributed by atoms with Crippen LogP contribution in [0.1, 0.15) is 64.0 Å². The van der Waals surface area contributed by atoms with Crippen molar-refractivity contribution in [2.24, 2.45) is 0 Å². The van der Waals surface area contributed by atoms with E-state index in [1.807, 2.05) is 61.5 Å². The highest BCUT2D eigenvalue weighted by atomic mass is 16.5. The van der Waals surface area contributed by atoms with E-state index in [-0.39, 0.29) is 12.4 Å². The molecular weight excluding hydrogens is 428 g/mol. The number of carboxylic acid groups (broad SMARTS) is 1. The summed E-state index contributed by atoms with van der Waals surface area (Å²) in [5.41, 5.74) is 5.95. The molecule has 0 radical (unpaired) electrons. The average molecular weight is 459 g/mol. The van der Waals surface area contributed by atoms with Gasteiger partial charge in [-0.05, 0) is 50.7 Å². The van der Waals surface area contributed by atoms with Crippen molar-refractivity contribution in [3.8, 4) is 0 Å². The second kappa shape index (κ2) is 10.6. The number of hydrogen-bond acceptors (Lipinski definition) is 4. The van der Waals surface area contributed by atoms with Gasteiger partial charge in [-0.25, -0.2) is 9.78 Å². The molecule has 6 heteroatoms. The number of ether oxygens (including phenoxy) is 1. The van der Waals surface area contributed by atoms with Crippen molar-refractivity contribution in [2.75, 3.05) is 0 Å². The number of aryl methyl sites for hydroxylation is 2. The third-order valence-corrected chi connectivity index (χ3v) is 6.18. The predicted octanol–water partition coefficient (Wildman–Crippen LogP) is 5.00. The lowest BCUT2D eigenvalue weighted by Crippen LogP contribution is -2.19. The van der Waals surface area contributed by atoms with Gasteiger partial charge in [0.05, 0.1) is 12.3 Å². The highest BCUT2D eigenvalue weighted by molar-refractivity contribution is 6.06. The molecule has 3 aromatic rings. The average Bonchev–Trinajstić information content (AvgIpc) is 3.22. The van der Waals surface area contributed by atoms with Crippen LogP contribution in [0.3, 0.4) is 0 Å². The zero-order valence-electron chi connectivity index (χ0n) is 19.7. The summed E-state index contributed by atoms with van der Waals surface area (Å²) in [6, 6.07) is 15.5. The number of rotatable bonds is 9. The van der Waals surface area contributed by atoms with Gasteiger partial charge < -0.3 is 14.4 Å². The fourth-order valence-electron chi connectivity index (χ4n) is 4.12. The van der Waals surface area contributed by atoms with Crippen molar-refractivity contribution in [1.82, 2.24) is 9.55 Å². The van der Waals surface area contributed by atoms with E-state index in [2.05, 4.69) is 10.6 Å². The summed E-state index contributed by atoms with van der Waals surface area (Å²) >= 11 is 0. The van der Waals surface area contributed by atoms with Crippen molar-refractivity contribution < 1.29 is 19.4 Å². The van der Waals surface area contributed by atoms with E-state index >= 15 is 0 Å². The maximum Gasteiger partial charge on any atom is 0.332 e. The highest BCUT2D eigenvalue weighted by Crippen LogP contribution is 2.24. The second-order valence-electron chi connectivity index (χ2n) is 8.78. The molecule has 1 atom stereocenters. The SMILES string of the molecule is Cc1ccc(C(=O)c2nc3c(n2C/C=C/c2ccc(CO[C@H](C)C(=O)O)cc2)CCCC3)cc1. The Kier molecular flexibility index (Phi) is 7.38. The predicted molar refractivity (Wildman–Crippen MR) is 131 cm³/mol. The Morgan fingerprint density at radius 2 is 1.79 bits per heavy atom. The monoisotopic (exact) mass is 458 g/mol. The van der Waals surface area contributed by atoms with Gasteiger partial charge in [-0.3, -0.25) is 4.79 Å². The summed E-state index contributed by atoms with van der Waals surface area (Å²) in [7, 11) is 0. The number of aromatic nitrogens is 2. The van der Waals surface area contributed by atoms with Gasteiger partial charge in [-0.2, -0.15) is 0 Å². The quantitative estimate of drug-likeness (QED) is 0.456. The van der Waals surface area contributed by atoms with Gasteiger partial charge in [-0.1, -0.05) is 66.2 Å². The van der Waals surface area contributed by atoms with Crippen LogP contribution in [0.25, 0.3) is 6.08 Å². The first kappa shape index (κ1) is 23.6. The molecule has 6 nitrogen and oxygen atoms in total. The smallest absolute Gasteiger partial charge is 0.332 e. The van der Waals surface area contributed by atoms with Crippen LogP contribution in [0.5, 0.6) is 0 Å². The molecule has 0 spiro atoms. The number of hydrogen-bond donors (Lipinski definition) is 1. The molecule has 2 aromatic carbocycles. The number of carbonyl (C=O) groups excluding carboxylic acids is 1. The van der Waals surface area contributed by atoms with Crippen molar-refractivity contribution in [3.05, 3.63) is 94.1 Å². The molecule has 0 saturated carbocycles. The van der Waals surface area contributed by atoms with Crippen LogP contribution in [0, 0.1) is 6.92 Å². The van der Waals surface area contributed by atoms with Crippen molar-refractivity contribution in [2.45, 2.75) is 58.8 Å². The van der Waals surface area contributed by atoms with Gasteiger partial charge in [0, 0.05) is 17.8 Å². The molecule has 1 aromatic heterocycles. The standard InChI is InChI=1S/C28H30N2O4/c1-19-9-15-23(16-10-19)26(31)27-29-24-7-3-4-8-25(24)30(27)17-5-6-21-11-13-22(14-12-21)18-34-20(2)28(32)33/h5-6,9-16,20H,3-4,7-8,17-18H2,1-2H3,(H,32,33)/b6-5+/t20-/m1/s1. The number of allylic oxidation sites excluding steroid dienone is 1. The maximum atomic E-state index is 13.3. The lowest BCUT2D eigenvalue weighted by molar-refractivity contribution is -0.149. The van der Waals surface area contributed by atoms with Crippen molar-refractivity contribution in [3.63, 3.8) is 0 Å². The molecule has 0 saturated heterocycles. The number of carboxylic acids is 1. The Labute approximate surface area is 199 Å². The Bertz CT molecular complexity index is 1190. The van der Waals surface area contributed by atoms with Crippen LogP contribution in [-0.4, -0.2) is 32.5 Å². The lowest BCUT2D eigenvalue weighted by atomic mass is 10.0. The molecule has 1 aliphatic rings. The number of imidazole rings is 1. The number of ketones is 1. The van der Waals surface area contributed by atoms with E-state index in [4.69, 9.17) is 14.8 Å². The Hall–Kier alpha value is -3.51. The van der Waals surface area contributed by atoms with Gasteiger partial charge in [0.1, 0.15) is 0 Å². The lowest BCUT2D eigenvalue weighted by Gasteiger charge is -2.14. The highest BCUT2D eigenvalue weighted by Gasteiger charge is 2.24. The van der Waals surface area contributed by atoms with Gasteiger partial charge in [0.15, 0.2) is 11.9 Å². The molecular formula is C28H30N2O4. The molecule has 4 rings (SSSR count). The number of benzene rings is 2. The first-order valence-electron chi connectivity index (χ1n) is 11.7.